The first-order valence-electron chi connectivity index (χ1n) is 11.0. The average molecular weight is 432 g/mol. The minimum Gasteiger partial charge on any atom is -0.353 e. The minimum atomic E-state index is 0.596. The average Bonchev–Trinajstić information content (AvgIpc) is 3.57. The molecule has 0 amide bonds. The molecule has 0 bridgehead atoms. The van der Waals surface area contributed by atoms with Crippen LogP contribution in [0.4, 0.5) is 5.82 Å². The van der Waals surface area contributed by atoms with Gasteiger partial charge in [-0.1, -0.05) is 6.92 Å². The van der Waals surface area contributed by atoms with Gasteiger partial charge in [-0.2, -0.15) is 0 Å². The SMILES string of the molecule is CCSc1cc2c(-c3nc(N4CCNCC4)c4c(C5CC5)cncc4n3)ccnc2[nH]1. The number of anilines is 1. The van der Waals surface area contributed by atoms with Crippen LogP contribution in [0.3, 0.4) is 0 Å². The van der Waals surface area contributed by atoms with Crippen LogP contribution in [0.25, 0.3) is 33.3 Å². The second kappa shape index (κ2) is 7.76. The van der Waals surface area contributed by atoms with E-state index in [1.165, 1.54) is 23.8 Å². The van der Waals surface area contributed by atoms with Crippen molar-refractivity contribution in [1.82, 2.24) is 30.2 Å². The number of nitrogens with one attached hydrogen (secondary N) is 2. The van der Waals surface area contributed by atoms with Gasteiger partial charge in [-0.3, -0.25) is 4.98 Å². The molecule has 8 heteroatoms. The summed E-state index contributed by atoms with van der Waals surface area (Å²) in [5.74, 6) is 3.40. The van der Waals surface area contributed by atoms with E-state index in [2.05, 4.69) is 38.2 Å². The third-order valence-corrected chi connectivity index (χ3v) is 6.92. The van der Waals surface area contributed by atoms with Crippen LogP contribution in [0.1, 0.15) is 31.2 Å². The Balaban J connectivity index is 1.57. The molecule has 5 heterocycles. The summed E-state index contributed by atoms with van der Waals surface area (Å²) in [6.07, 6.45) is 8.22. The van der Waals surface area contributed by atoms with Crippen LogP contribution in [0.2, 0.25) is 0 Å². The van der Waals surface area contributed by atoms with Gasteiger partial charge in [0, 0.05) is 54.9 Å². The number of piperazine rings is 1. The number of aromatic nitrogens is 5. The van der Waals surface area contributed by atoms with Crippen molar-refractivity contribution in [3.05, 3.63) is 36.3 Å². The van der Waals surface area contributed by atoms with Gasteiger partial charge in [-0.05, 0) is 42.2 Å². The smallest absolute Gasteiger partial charge is 0.163 e. The summed E-state index contributed by atoms with van der Waals surface area (Å²) >= 11 is 1.78. The fourth-order valence-electron chi connectivity index (χ4n) is 4.45. The van der Waals surface area contributed by atoms with E-state index >= 15 is 0 Å². The van der Waals surface area contributed by atoms with Gasteiger partial charge in [0.25, 0.3) is 0 Å². The molecule has 4 aromatic heterocycles. The molecule has 4 aromatic rings. The molecule has 1 aliphatic carbocycles. The lowest BCUT2D eigenvalue weighted by Gasteiger charge is -2.30. The van der Waals surface area contributed by atoms with Crippen LogP contribution in [-0.2, 0) is 0 Å². The number of pyridine rings is 2. The highest BCUT2D eigenvalue weighted by molar-refractivity contribution is 7.99. The lowest BCUT2D eigenvalue weighted by Crippen LogP contribution is -2.44. The summed E-state index contributed by atoms with van der Waals surface area (Å²) in [5, 5.41) is 6.83. The normalized spacial score (nSPS) is 17.0. The first-order chi connectivity index (χ1) is 15.3. The Bertz CT molecular complexity index is 1260. The maximum absolute atomic E-state index is 5.18. The molecule has 6 rings (SSSR count). The van der Waals surface area contributed by atoms with Crippen molar-refractivity contribution in [3.63, 3.8) is 0 Å². The van der Waals surface area contributed by atoms with Crippen molar-refractivity contribution in [2.45, 2.75) is 30.7 Å². The zero-order valence-corrected chi connectivity index (χ0v) is 18.4. The molecule has 2 fully saturated rings. The van der Waals surface area contributed by atoms with Crippen LogP contribution in [-0.4, -0.2) is 56.9 Å². The first kappa shape index (κ1) is 19.0. The van der Waals surface area contributed by atoms with Crippen LogP contribution < -0.4 is 10.2 Å². The largest absolute Gasteiger partial charge is 0.353 e. The standard InChI is InChI=1S/C23H25N7S/c1-2-31-19-11-16-15(5-6-26-21(16)28-19)22-27-18-13-25-12-17(14-3-4-14)20(18)23(29-22)30-9-7-24-8-10-30/h5-6,11-14,24H,2-4,7-10H2,1H3,(H,26,28). The summed E-state index contributed by atoms with van der Waals surface area (Å²) in [7, 11) is 0. The molecule has 2 aliphatic rings. The van der Waals surface area contributed by atoms with E-state index in [1.807, 2.05) is 24.7 Å². The first-order valence-corrected chi connectivity index (χ1v) is 12.0. The van der Waals surface area contributed by atoms with Crippen molar-refractivity contribution >= 4 is 39.5 Å². The summed E-state index contributed by atoms with van der Waals surface area (Å²) in [4.78, 5) is 25.1. The number of rotatable bonds is 5. The Labute approximate surface area is 185 Å². The zero-order valence-electron chi connectivity index (χ0n) is 17.6. The van der Waals surface area contributed by atoms with E-state index in [-0.39, 0.29) is 0 Å². The van der Waals surface area contributed by atoms with E-state index in [4.69, 9.17) is 9.97 Å². The van der Waals surface area contributed by atoms with E-state index in [0.717, 1.165) is 70.7 Å². The van der Waals surface area contributed by atoms with Gasteiger partial charge in [-0.25, -0.2) is 15.0 Å². The second-order valence-corrected chi connectivity index (χ2v) is 9.50. The maximum Gasteiger partial charge on any atom is 0.163 e. The quantitative estimate of drug-likeness (QED) is 0.463. The Morgan fingerprint density at radius 1 is 1.16 bits per heavy atom. The Morgan fingerprint density at radius 2 is 2.03 bits per heavy atom. The molecule has 7 nitrogen and oxygen atoms in total. The molecule has 1 saturated carbocycles. The summed E-state index contributed by atoms with van der Waals surface area (Å²) in [5.41, 5.74) is 4.14. The van der Waals surface area contributed by atoms with Crippen LogP contribution >= 0.6 is 11.8 Å². The number of H-pyrrole nitrogens is 1. The predicted molar refractivity (Wildman–Crippen MR) is 126 cm³/mol. The van der Waals surface area contributed by atoms with Gasteiger partial charge in [0.15, 0.2) is 5.82 Å². The van der Waals surface area contributed by atoms with E-state index in [1.54, 1.807) is 11.8 Å². The highest BCUT2D eigenvalue weighted by atomic mass is 32.2. The van der Waals surface area contributed by atoms with E-state index in [9.17, 15) is 0 Å². The van der Waals surface area contributed by atoms with Crippen LogP contribution in [0.15, 0.2) is 35.7 Å². The topological polar surface area (TPSA) is 82.6 Å². The third-order valence-electron chi connectivity index (χ3n) is 6.10. The molecule has 0 atom stereocenters. The highest BCUT2D eigenvalue weighted by Crippen LogP contribution is 2.45. The monoisotopic (exact) mass is 431 g/mol. The molecule has 31 heavy (non-hydrogen) atoms. The maximum atomic E-state index is 5.18. The Morgan fingerprint density at radius 3 is 2.84 bits per heavy atom. The number of hydrogen-bond donors (Lipinski definition) is 2. The van der Waals surface area contributed by atoms with E-state index in [0.29, 0.717) is 5.92 Å². The Kier molecular flexibility index (Phi) is 4.76. The fourth-order valence-corrected chi connectivity index (χ4v) is 5.13. The number of hydrogen-bond acceptors (Lipinski definition) is 7. The van der Waals surface area contributed by atoms with Crippen molar-refractivity contribution < 1.29 is 0 Å². The van der Waals surface area contributed by atoms with Crippen molar-refractivity contribution in [2.75, 3.05) is 36.8 Å². The number of nitrogens with zero attached hydrogens (tertiary/aromatic N) is 5. The van der Waals surface area contributed by atoms with Crippen LogP contribution in [0, 0.1) is 0 Å². The van der Waals surface area contributed by atoms with Gasteiger partial charge in [-0.15, -0.1) is 11.8 Å². The van der Waals surface area contributed by atoms with Gasteiger partial charge in [0.2, 0.25) is 0 Å². The minimum absolute atomic E-state index is 0.596. The summed E-state index contributed by atoms with van der Waals surface area (Å²) in [6, 6.07) is 4.19. The number of fused-ring (bicyclic) bond motifs is 2. The third kappa shape index (κ3) is 3.43. The molecule has 1 aliphatic heterocycles. The van der Waals surface area contributed by atoms with Crippen molar-refractivity contribution in [3.8, 4) is 11.4 Å². The van der Waals surface area contributed by atoms with Gasteiger partial charge < -0.3 is 15.2 Å². The fraction of sp³-hybridized carbons (Fsp3) is 0.391. The summed E-state index contributed by atoms with van der Waals surface area (Å²) in [6.45, 7) is 6.00. The van der Waals surface area contributed by atoms with Gasteiger partial charge in [0.1, 0.15) is 11.5 Å². The molecule has 0 unspecified atom stereocenters. The highest BCUT2D eigenvalue weighted by Gasteiger charge is 2.29. The van der Waals surface area contributed by atoms with Crippen LogP contribution in [0.5, 0.6) is 0 Å². The molecule has 0 spiro atoms. The molecule has 1 saturated heterocycles. The van der Waals surface area contributed by atoms with Gasteiger partial charge in [0.05, 0.1) is 16.7 Å². The van der Waals surface area contributed by atoms with Gasteiger partial charge >= 0.3 is 0 Å². The molecule has 2 N–H and O–H groups in total. The Hall–Kier alpha value is -2.71. The lowest BCUT2D eigenvalue weighted by atomic mass is 10.1. The summed E-state index contributed by atoms with van der Waals surface area (Å²) < 4.78 is 0. The molecular formula is C23H25N7S. The number of aromatic amines is 1. The lowest BCUT2D eigenvalue weighted by molar-refractivity contribution is 0.586. The molecular weight excluding hydrogens is 406 g/mol. The molecule has 0 radical (unpaired) electrons. The van der Waals surface area contributed by atoms with Crippen molar-refractivity contribution in [2.24, 2.45) is 0 Å². The number of thioether (sulfide) groups is 1. The second-order valence-electron chi connectivity index (χ2n) is 8.19. The molecule has 158 valence electrons. The predicted octanol–water partition coefficient (Wildman–Crippen LogP) is 3.97. The zero-order chi connectivity index (χ0) is 20.8. The van der Waals surface area contributed by atoms with Crippen molar-refractivity contribution in [1.29, 1.82) is 0 Å². The van der Waals surface area contributed by atoms with E-state index < -0.39 is 0 Å². The molecule has 0 aromatic carbocycles.